The predicted molar refractivity (Wildman–Crippen MR) is 164 cm³/mol. The summed E-state index contributed by atoms with van der Waals surface area (Å²) >= 11 is 0. The Hall–Kier alpha value is -2.88. The summed E-state index contributed by atoms with van der Waals surface area (Å²) in [7, 11) is 0. The van der Waals surface area contributed by atoms with E-state index in [1.54, 1.807) is 0 Å². The van der Waals surface area contributed by atoms with Gasteiger partial charge < -0.3 is 10.5 Å². The molecule has 0 aromatic heterocycles. The van der Waals surface area contributed by atoms with Gasteiger partial charge in [0, 0.05) is 5.39 Å². The minimum atomic E-state index is 0.631. The van der Waals surface area contributed by atoms with Crippen molar-refractivity contribution in [1.82, 2.24) is 0 Å². The minimum Gasteiger partial charge on any atom is -0.494 e. The van der Waals surface area contributed by atoms with Gasteiger partial charge in [-0.2, -0.15) is 5.11 Å². The number of ether oxygens (including phenoxy) is 1. The van der Waals surface area contributed by atoms with Crippen LogP contribution in [-0.2, 0) is 0 Å². The van der Waals surface area contributed by atoms with Crippen LogP contribution in [-0.4, -0.2) is 6.61 Å². The van der Waals surface area contributed by atoms with Gasteiger partial charge in [-0.1, -0.05) is 134 Å². The molecule has 0 aliphatic heterocycles. The molecule has 0 aliphatic rings. The van der Waals surface area contributed by atoms with Crippen molar-refractivity contribution in [2.24, 2.45) is 10.2 Å². The van der Waals surface area contributed by atoms with Gasteiger partial charge in [0.1, 0.15) is 11.4 Å². The molecule has 0 unspecified atom stereocenters. The molecule has 0 aliphatic carbocycles. The zero-order valence-electron chi connectivity index (χ0n) is 23.7. The lowest BCUT2D eigenvalue weighted by Crippen LogP contribution is -1.96. The average molecular weight is 516 g/mol. The van der Waals surface area contributed by atoms with E-state index in [-0.39, 0.29) is 0 Å². The first-order valence-corrected chi connectivity index (χ1v) is 15.2. The second kappa shape index (κ2) is 18.4. The molecular formula is C34H49N3O. The molecule has 0 saturated heterocycles. The fourth-order valence-corrected chi connectivity index (χ4v) is 4.94. The van der Waals surface area contributed by atoms with Crippen LogP contribution in [0.3, 0.4) is 0 Å². The number of nitrogens with two attached hydrogens (primary N) is 1. The van der Waals surface area contributed by atoms with Crippen molar-refractivity contribution >= 4 is 27.8 Å². The highest BCUT2D eigenvalue weighted by Crippen LogP contribution is 2.33. The molecule has 3 rings (SSSR count). The first-order chi connectivity index (χ1) is 18.8. The van der Waals surface area contributed by atoms with Gasteiger partial charge >= 0.3 is 0 Å². The highest BCUT2D eigenvalue weighted by atomic mass is 16.5. The lowest BCUT2D eigenvalue weighted by atomic mass is 10.0. The van der Waals surface area contributed by atoms with Crippen molar-refractivity contribution in [3.05, 3.63) is 60.7 Å². The average Bonchev–Trinajstić information content (AvgIpc) is 2.95. The lowest BCUT2D eigenvalue weighted by Gasteiger charge is -2.07. The summed E-state index contributed by atoms with van der Waals surface area (Å²) in [6.07, 6.45) is 22.1. The van der Waals surface area contributed by atoms with E-state index in [9.17, 15) is 0 Å². The van der Waals surface area contributed by atoms with Gasteiger partial charge in [0.05, 0.1) is 18.0 Å². The summed E-state index contributed by atoms with van der Waals surface area (Å²) in [5.74, 6) is 0.884. The quantitative estimate of drug-likeness (QED) is 0.0923. The van der Waals surface area contributed by atoms with Crippen LogP contribution < -0.4 is 10.5 Å². The maximum Gasteiger partial charge on any atom is 0.119 e. The Bertz CT molecular complexity index is 1060. The number of hydrogen-bond donors (Lipinski definition) is 1. The summed E-state index contributed by atoms with van der Waals surface area (Å²) in [5, 5.41) is 11.0. The maximum absolute atomic E-state index is 6.16. The van der Waals surface area contributed by atoms with Crippen molar-refractivity contribution < 1.29 is 4.74 Å². The predicted octanol–water partition coefficient (Wildman–Crippen LogP) is 11.5. The molecule has 4 heteroatoms. The molecule has 3 aromatic rings. The van der Waals surface area contributed by atoms with Gasteiger partial charge in [-0.05, 0) is 42.1 Å². The topological polar surface area (TPSA) is 60.0 Å². The monoisotopic (exact) mass is 515 g/mol. The molecule has 0 saturated carbocycles. The Kier molecular flexibility index (Phi) is 14.4. The van der Waals surface area contributed by atoms with E-state index in [0.29, 0.717) is 11.4 Å². The third-order valence-corrected chi connectivity index (χ3v) is 7.30. The molecule has 0 amide bonds. The third kappa shape index (κ3) is 11.2. The van der Waals surface area contributed by atoms with Gasteiger partial charge in [0.15, 0.2) is 0 Å². The number of fused-ring (bicyclic) bond motifs is 1. The zero-order chi connectivity index (χ0) is 26.7. The molecule has 0 heterocycles. The normalized spacial score (nSPS) is 11.5. The summed E-state index contributed by atoms with van der Waals surface area (Å²) < 4.78 is 5.93. The van der Waals surface area contributed by atoms with E-state index in [0.717, 1.165) is 35.2 Å². The number of unbranched alkanes of at least 4 members (excludes halogenated alkanes) is 15. The fourth-order valence-electron chi connectivity index (χ4n) is 4.94. The van der Waals surface area contributed by atoms with Crippen LogP contribution in [0.5, 0.6) is 5.75 Å². The molecule has 38 heavy (non-hydrogen) atoms. The van der Waals surface area contributed by atoms with Crippen LogP contribution in [0.1, 0.15) is 110 Å². The zero-order valence-corrected chi connectivity index (χ0v) is 23.7. The smallest absolute Gasteiger partial charge is 0.119 e. The molecule has 0 bridgehead atoms. The van der Waals surface area contributed by atoms with E-state index < -0.39 is 0 Å². The summed E-state index contributed by atoms with van der Waals surface area (Å²) in [6, 6.07) is 19.8. The summed E-state index contributed by atoms with van der Waals surface area (Å²) in [5.41, 5.74) is 8.29. The van der Waals surface area contributed by atoms with Crippen LogP contribution in [0.4, 0.5) is 17.1 Å². The van der Waals surface area contributed by atoms with Gasteiger partial charge in [-0.3, -0.25) is 0 Å². The van der Waals surface area contributed by atoms with Crippen molar-refractivity contribution in [3.63, 3.8) is 0 Å². The summed E-state index contributed by atoms with van der Waals surface area (Å²) in [6.45, 7) is 3.06. The second-order valence-electron chi connectivity index (χ2n) is 10.6. The highest BCUT2D eigenvalue weighted by Gasteiger charge is 2.04. The number of nitrogens with zero attached hydrogens (tertiary/aromatic N) is 2. The van der Waals surface area contributed by atoms with Gasteiger partial charge in [0.2, 0.25) is 0 Å². The van der Waals surface area contributed by atoms with Gasteiger partial charge in [-0.15, -0.1) is 5.11 Å². The Labute approximate surface area is 231 Å². The lowest BCUT2D eigenvalue weighted by molar-refractivity contribution is 0.304. The van der Waals surface area contributed by atoms with Crippen molar-refractivity contribution in [1.29, 1.82) is 0 Å². The van der Waals surface area contributed by atoms with Crippen LogP contribution in [0.15, 0.2) is 70.9 Å². The number of rotatable bonds is 20. The SMILES string of the molecule is CCCCCCCCCCCCCCCCCCOc1ccc(N=Nc2c(N)ccc3ccccc23)cc1. The van der Waals surface area contributed by atoms with Crippen molar-refractivity contribution in [2.75, 3.05) is 12.3 Å². The fraction of sp³-hybridized carbons (Fsp3) is 0.529. The van der Waals surface area contributed by atoms with Crippen LogP contribution in [0.2, 0.25) is 0 Å². The molecule has 3 aromatic carbocycles. The number of azo groups is 1. The third-order valence-electron chi connectivity index (χ3n) is 7.30. The number of benzene rings is 3. The second-order valence-corrected chi connectivity index (χ2v) is 10.6. The number of nitrogen functional groups attached to an aromatic ring is 1. The standard InChI is InChI=1S/C34H49N3O/c1-2-3-4-5-6-7-8-9-10-11-12-13-14-15-16-19-28-38-31-25-23-30(24-26-31)36-37-34-32-21-18-17-20-29(32)22-27-33(34)35/h17-18,20-27H,2-16,19,28,35H2,1H3. The van der Waals surface area contributed by atoms with Gasteiger partial charge in [-0.25, -0.2) is 0 Å². The number of hydrogen-bond acceptors (Lipinski definition) is 4. The van der Waals surface area contributed by atoms with E-state index >= 15 is 0 Å². The Morgan fingerprint density at radius 2 is 1.13 bits per heavy atom. The maximum atomic E-state index is 6.16. The van der Waals surface area contributed by atoms with E-state index in [4.69, 9.17) is 10.5 Å². The van der Waals surface area contributed by atoms with Crippen LogP contribution >= 0.6 is 0 Å². The van der Waals surface area contributed by atoms with Crippen LogP contribution in [0.25, 0.3) is 10.8 Å². The highest BCUT2D eigenvalue weighted by molar-refractivity contribution is 5.97. The van der Waals surface area contributed by atoms with Crippen molar-refractivity contribution in [3.8, 4) is 5.75 Å². The Morgan fingerprint density at radius 1 is 0.579 bits per heavy atom. The Morgan fingerprint density at radius 3 is 1.74 bits per heavy atom. The molecule has 2 N–H and O–H groups in total. The van der Waals surface area contributed by atoms with E-state index in [1.807, 2.05) is 54.6 Å². The van der Waals surface area contributed by atoms with Crippen LogP contribution in [0, 0.1) is 0 Å². The molecule has 0 fully saturated rings. The van der Waals surface area contributed by atoms with E-state index in [2.05, 4.69) is 23.2 Å². The largest absolute Gasteiger partial charge is 0.494 e. The van der Waals surface area contributed by atoms with Gasteiger partial charge in [0.25, 0.3) is 0 Å². The molecule has 0 radical (unpaired) electrons. The first kappa shape index (κ1) is 29.7. The minimum absolute atomic E-state index is 0.631. The molecule has 0 spiro atoms. The van der Waals surface area contributed by atoms with E-state index in [1.165, 1.54) is 96.3 Å². The Balaban J connectivity index is 1.20. The number of anilines is 1. The molecule has 0 atom stereocenters. The van der Waals surface area contributed by atoms with Crippen molar-refractivity contribution in [2.45, 2.75) is 110 Å². The molecular weight excluding hydrogens is 466 g/mol. The molecule has 4 nitrogen and oxygen atoms in total. The first-order valence-electron chi connectivity index (χ1n) is 15.2. The summed E-state index contributed by atoms with van der Waals surface area (Å²) in [4.78, 5) is 0. The molecule has 206 valence electrons.